The highest BCUT2D eigenvalue weighted by Crippen LogP contribution is 2.45. The van der Waals surface area contributed by atoms with Gasteiger partial charge >= 0.3 is 17.9 Å². The summed E-state index contributed by atoms with van der Waals surface area (Å²) >= 11 is 0.933. The maximum absolute atomic E-state index is 13.4. The number of fused-ring (bicyclic) bond motifs is 1. The Morgan fingerprint density at radius 2 is 1.58 bits per heavy atom. The predicted molar refractivity (Wildman–Crippen MR) is 195 cm³/mol. The largest absolute Gasteiger partial charge is 0.480 e. The van der Waals surface area contributed by atoms with Crippen LogP contribution in [0, 0.1) is 0 Å². The third kappa shape index (κ3) is 13.1. The number of nitrogens with two attached hydrogens (primary N) is 3. The molecule has 2 aliphatic rings. The maximum Gasteiger partial charge on any atom is 0.352 e. The van der Waals surface area contributed by atoms with Gasteiger partial charge in [0.15, 0.2) is 0 Å². The van der Waals surface area contributed by atoms with Crippen LogP contribution in [0.2, 0.25) is 0 Å². The summed E-state index contributed by atoms with van der Waals surface area (Å²) in [6.45, 7) is -0.870. The van der Waals surface area contributed by atoms with Crippen molar-refractivity contribution < 1.29 is 73.4 Å². The summed E-state index contributed by atoms with van der Waals surface area (Å²) in [5.41, 5.74) is 13.8. The van der Waals surface area contributed by atoms with E-state index in [0.717, 1.165) is 16.7 Å². The van der Waals surface area contributed by atoms with E-state index in [4.69, 9.17) is 27.0 Å². The second-order valence-corrected chi connectivity index (χ2v) is 14.2. The first-order chi connectivity index (χ1) is 26.9. The van der Waals surface area contributed by atoms with Crippen molar-refractivity contribution in [3.05, 3.63) is 11.3 Å². The van der Waals surface area contributed by atoms with Crippen LogP contribution in [0.5, 0.6) is 0 Å². The van der Waals surface area contributed by atoms with Crippen LogP contribution in [0.25, 0.3) is 0 Å². The van der Waals surface area contributed by atoms with Crippen LogP contribution >= 0.6 is 11.8 Å². The normalized spacial score (nSPS) is 20.6. The number of ether oxygens (including phenoxy) is 1. The Morgan fingerprint density at radius 1 is 0.965 bits per heavy atom. The molecule has 0 aliphatic carbocycles. The molecule has 0 aromatic rings. The molecule has 1 fully saturated rings. The average molecular weight is 834 g/mol. The van der Waals surface area contributed by atoms with E-state index >= 15 is 0 Å². The van der Waals surface area contributed by atoms with E-state index in [2.05, 4.69) is 26.6 Å². The van der Waals surface area contributed by atoms with E-state index in [9.17, 15) is 63.6 Å². The van der Waals surface area contributed by atoms with E-state index in [0.29, 0.717) is 12.8 Å². The van der Waals surface area contributed by atoms with Gasteiger partial charge in [-0.05, 0) is 39.2 Å². The van der Waals surface area contributed by atoms with E-state index in [1.54, 1.807) is 0 Å². The van der Waals surface area contributed by atoms with Gasteiger partial charge in [-0.2, -0.15) is 0 Å². The topological polar surface area (TPSA) is 405 Å². The second-order valence-electron chi connectivity index (χ2n) is 13.2. The Balaban J connectivity index is 2.12. The van der Waals surface area contributed by atoms with Crippen LogP contribution < -0.4 is 43.8 Å². The maximum atomic E-state index is 13.4. The number of carboxylic acids is 2. The van der Waals surface area contributed by atoms with Crippen molar-refractivity contribution in [1.29, 1.82) is 0 Å². The highest BCUT2D eigenvalue weighted by atomic mass is 32.2. The molecule has 2 aliphatic heterocycles. The number of nitrogens with one attached hydrogen (secondary N) is 5. The number of unbranched alkanes of at least 4 members (excludes halogenated alkanes) is 1. The molecule has 25 heteroatoms. The number of rotatable bonds is 26. The van der Waals surface area contributed by atoms with Gasteiger partial charge in [-0.3, -0.25) is 43.3 Å². The van der Waals surface area contributed by atoms with Gasteiger partial charge in [0.2, 0.25) is 35.7 Å². The number of carboxylic acid groups (broad SMARTS) is 2. The first-order valence-corrected chi connectivity index (χ1v) is 18.8. The summed E-state index contributed by atoms with van der Waals surface area (Å²) in [5, 5.41) is 59.6. The molecule has 24 nitrogen and oxygen atoms in total. The first kappa shape index (κ1) is 48.2. The molecule has 2 heterocycles. The van der Waals surface area contributed by atoms with Gasteiger partial charge in [0.1, 0.15) is 35.8 Å². The highest BCUT2D eigenvalue weighted by molar-refractivity contribution is 8.00. The van der Waals surface area contributed by atoms with Crippen LogP contribution in [0.3, 0.4) is 0 Å². The molecule has 0 saturated carbocycles. The minimum Gasteiger partial charge on any atom is -0.480 e. The van der Waals surface area contributed by atoms with Gasteiger partial charge in [-0.15, -0.1) is 11.8 Å². The monoisotopic (exact) mass is 833 g/mol. The van der Waals surface area contributed by atoms with Crippen LogP contribution in [-0.2, 0) is 47.9 Å². The third-order valence-electron chi connectivity index (χ3n) is 8.80. The zero-order valence-corrected chi connectivity index (χ0v) is 31.8. The van der Waals surface area contributed by atoms with Crippen molar-refractivity contribution >= 4 is 65.6 Å². The summed E-state index contributed by atoms with van der Waals surface area (Å²) in [6.07, 6.45) is -1.61. The van der Waals surface area contributed by atoms with Crippen molar-refractivity contribution in [1.82, 2.24) is 31.5 Å². The molecule has 1 unspecified atom stereocenters. The van der Waals surface area contributed by atoms with Gasteiger partial charge in [0, 0.05) is 17.7 Å². The fraction of sp³-hybridized carbons (Fsp3) is 0.656. The van der Waals surface area contributed by atoms with Gasteiger partial charge in [-0.1, -0.05) is 6.42 Å². The van der Waals surface area contributed by atoms with Gasteiger partial charge < -0.3 is 74.1 Å². The standard InChI is InChI=1S/C32H51N9O15S/c1-15(34)25(48)38-19(10-42)27(50)39-20(11-43)26(49)37-18(6-2-3-8-33)21(45)9-23(47)56-12-16-13-57-31-32(36-14-44,30(55)41(31)24(16)29(53)54)40-22(46)7-4-5-17(35)28(51)52/h14-15,17-21,31,42-43,45H,2-13,33-35H2,1H3,(H,36,44)(H,37,49)(H,38,48)(H,39,50)(H,40,46)(H,51,52)(H,53,54)/t15-,17+,18+,19-,20-,21+,31?,32+/m0/s1. The minimum absolute atomic E-state index is 0.0299. The lowest BCUT2D eigenvalue weighted by molar-refractivity contribution is -0.162. The number of hydrogen-bond donors (Lipinski definition) is 13. The molecule has 16 N–H and O–H groups in total. The number of aliphatic hydroxyl groups excluding tert-OH is 3. The van der Waals surface area contributed by atoms with Crippen molar-refractivity contribution in [3.8, 4) is 0 Å². The van der Waals surface area contributed by atoms with Crippen molar-refractivity contribution in [3.63, 3.8) is 0 Å². The molecule has 6 amide bonds. The number of carbonyl (C=O) groups excluding carboxylic acids is 7. The summed E-state index contributed by atoms with van der Waals surface area (Å²) in [6, 6.07) is -6.54. The lowest BCUT2D eigenvalue weighted by Gasteiger charge is -2.56. The first-order valence-electron chi connectivity index (χ1n) is 17.7. The van der Waals surface area contributed by atoms with E-state index in [1.165, 1.54) is 6.92 Å². The highest BCUT2D eigenvalue weighted by Gasteiger charge is 2.66. The fourth-order valence-corrected chi connectivity index (χ4v) is 7.06. The number of esters is 1. The number of nitrogens with zero attached hydrogens (tertiary/aromatic N) is 1. The van der Waals surface area contributed by atoms with E-state index in [1.807, 2.05) is 0 Å². The number of hydrogen-bond acceptors (Lipinski definition) is 17. The molecule has 320 valence electrons. The molecule has 8 atom stereocenters. The fourth-order valence-electron chi connectivity index (χ4n) is 5.65. The molecule has 2 rings (SSSR count). The zero-order valence-electron chi connectivity index (χ0n) is 31.0. The lowest BCUT2D eigenvalue weighted by Crippen LogP contribution is -2.85. The van der Waals surface area contributed by atoms with E-state index in [-0.39, 0.29) is 50.0 Å². The lowest BCUT2D eigenvalue weighted by atomic mass is 9.94. The Labute approximate surface area is 330 Å². The molecular formula is C32H51N9O15S. The Morgan fingerprint density at radius 3 is 2.12 bits per heavy atom. The van der Waals surface area contributed by atoms with Gasteiger partial charge in [0.25, 0.3) is 5.91 Å². The quantitative estimate of drug-likeness (QED) is 0.0127. The number of thioether (sulfide) groups is 1. The third-order valence-corrected chi connectivity index (χ3v) is 10.2. The Kier molecular flexibility index (Phi) is 19.2. The molecule has 0 aromatic heterocycles. The number of aliphatic hydroxyl groups is 3. The summed E-state index contributed by atoms with van der Waals surface area (Å²) in [7, 11) is 0. The summed E-state index contributed by atoms with van der Waals surface area (Å²) in [5.74, 6) is -8.63. The molecule has 0 aromatic carbocycles. The van der Waals surface area contributed by atoms with Crippen LogP contribution in [-0.4, -0.2) is 164 Å². The van der Waals surface area contributed by atoms with Gasteiger partial charge in [-0.25, -0.2) is 4.79 Å². The number of aliphatic carboxylic acids is 2. The van der Waals surface area contributed by atoms with Crippen molar-refractivity contribution in [2.45, 2.75) is 99.2 Å². The van der Waals surface area contributed by atoms with Crippen LogP contribution in [0.15, 0.2) is 11.3 Å². The average Bonchev–Trinajstić information content (AvgIpc) is 3.16. The van der Waals surface area contributed by atoms with Crippen LogP contribution in [0.4, 0.5) is 0 Å². The SMILES string of the molecule is C[C@H](N)C(=O)N[C@@H](CO)C(=O)N[C@@H](CO)C(=O)N[C@H](CCCCN)[C@H](O)CC(=O)OCC1=C(C(=O)O)N2C(=O)[C@@](NC=O)(NC(=O)CCC[C@@H](N)C(=O)O)C2SC1. The van der Waals surface area contributed by atoms with Gasteiger partial charge in [0.05, 0.1) is 37.8 Å². The van der Waals surface area contributed by atoms with Crippen molar-refractivity contribution in [2.75, 3.05) is 32.1 Å². The molecule has 1 saturated heterocycles. The summed E-state index contributed by atoms with van der Waals surface area (Å²) in [4.78, 5) is 112. The Hall–Kier alpha value is -4.92. The number of β-lactam (4-membered cyclic amide) rings is 1. The van der Waals surface area contributed by atoms with Crippen molar-refractivity contribution in [2.24, 2.45) is 17.2 Å². The number of amides is 6. The molecule has 0 bridgehead atoms. The van der Waals surface area contributed by atoms with Crippen LogP contribution in [0.1, 0.15) is 51.9 Å². The number of carbonyl (C=O) groups is 9. The zero-order chi connectivity index (χ0) is 43.0. The Bertz CT molecular complexity index is 1550. The molecular weight excluding hydrogens is 782 g/mol. The smallest absolute Gasteiger partial charge is 0.352 e. The molecule has 0 spiro atoms. The minimum atomic E-state index is -2.04. The molecule has 57 heavy (non-hydrogen) atoms. The summed E-state index contributed by atoms with van der Waals surface area (Å²) < 4.78 is 5.25. The van der Waals surface area contributed by atoms with E-state index < -0.39 is 127 Å². The molecule has 0 radical (unpaired) electrons. The second kappa shape index (κ2) is 22.7. The predicted octanol–water partition coefficient (Wildman–Crippen LogP) is -6.41.